The number of benzene rings is 1. The Hall–Kier alpha value is -1.11. The van der Waals surface area contributed by atoms with Crippen molar-refractivity contribution in [1.82, 2.24) is 4.72 Å². The maximum atomic E-state index is 11.8. The van der Waals surface area contributed by atoms with Gasteiger partial charge in [0.05, 0.1) is 17.9 Å². The molecule has 0 saturated heterocycles. The molecular formula is C11H18N2O3S. The fourth-order valence-corrected chi connectivity index (χ4v) is 3.01. The van der Waals surface area contributed by atoms with Crippen LogP contribution < -0.4 is 10.5 Å². The predicted octanol–water partition coefficient (Wildman–Crippen LogP) is 0.459. The molecule has 0 fully saturated rings. The second-order valence-corrected chi connectivity index (χ2v) is 6.32. The van der Waals surface area contributed by atoms with Gasteiger partial charge < -0.3 is 10.8 Å². The molecule has 0 aliphatic heterocycles. The number of anilines is 1. The molecule has 0 unspecified atom stereocenters. The lowest BCUT2D eigenvalue weighted by atomic mass is 10.1. The van der Waals surface area contributed by atoms with Crippen molar-refractivity contribution in [2.45, 2.75) is 25.1 Å². The van der Waals surface area contributed by atoms with Crippen LogP contribution in [0.1, 0.15) is 19.4 Å². The van der Waals surface area contributed by atoms with Gasteiger partial charge in [0.1, 0.15) is 0 Å². The van der Waals surface area contributed by atoms with Crippen LogP contribution in [-0.2, 0) is 15.8 Å². The van der Waals surface area contributed by atoms with Crippen LogP contribution in [0.15, 0.2) is 24.3 Å². The van der Waals surface area contributed by atoms with Crippen LogP contribution in [0.3, 0.4) is 0 Å². The van der Waals surface area contributed by atoms with E-state index in [1.807, 2.05) is 0 Å². The number of nitrogens with two attached hydrogens (primary N) is 1. The third kappa shape index (κ3) is 4.33. The fourth-order valence-electron chi connectivity index (χ4n) is 1.36. The van der Waals surface area contributed by atoms with Crippen molar-refractivity contribution < 1.29 is 13.5 Å². The van der Waals surface area contributed by atoms with Crippen molar-refractivity contribution in [2.75, 3.05) is 12.3 Å². The monoisotopic (exact) mass is 258 g/mol. The number of para-hydroxylation sites is 1. The van der Waals surface area contributed by atoms with Crippen molar-refractivity contribution in [1.29, 1.82) is 0 Å². The van der Waals surface area contributed by atoms with E-state index in [2.05, 4.69) is 4.72 Å². The Kier molecular flexibility index (Phi) is 4.13. The van der Waals surface area contributed by atoms with E-state index < -0.39 is 15.6 Å². The molecule has 0 spiro atoms. The SMILES string of the molecule is CC(C)(CO)NS(=O)(=O)Cc1ccccc1N. The van der Waals surface area contributed by atoms with Gasteiger partial charge in [-0.05, 0) is 25.5 Å². The van der Waals surface area contributed by atoms with Crippen molar-refractivity contribution in [3.8, 4) is 0 Å². The van der Waals surface area contributed by atoms with Crippen LogP contribution in [0.25, 0.3) is 0 Å². The average Bonchev–Trinajstić information content (AvgIpc) is 2.20. The summed E-state index contributed by atoms with van der Waals surface area (Å²) >= 11 is 0. The molecule has 0 aliphatic rings. The zero-order valence-electron chi connectivity index (χ0n) is 9.97. The topological polar surface area (TPSA) is 92.4 Å². The summed E-state index contributed by atoms with van der Waals surface area (Å²) in [5.74, 6) is -0.191. The first-order valence-corrected chi connectivity index (χ1v) is 6.87. The first-order chi connectivity index (χ1) is 7.76. The molecule has 0 radical (unpaired) electrons. The highest BCUT2D eigenvalue weighted by Crippen LogP contribution is 2.15. The molecule has 0 atom stereocenters. The number of aliphatic hydroxyl groups excluding tert-OH is 1. The van der Waals surface area contributed by atoms with Crippen LogP contribution in [-0.4, -0.2) is 25.7 Å². The van der Waals surface area contributed by atoms with Crippen LogP contribution in [0, 0.1) is 0 Å². The van der Waals surface area contributed by atoms with Crippen molar-refractivity contribution in [2.24, 2.45) is 0 Å². The molecule has 1 aromatic rings. The Morgan fingerprint density at radius 2 is 1.94 bits per heavy atom. The minimum Gasteiger partial charge on any atom is -0.398 e. The average molecular weight is 258 g/mol. The van der Waals surface area contributed by atoms with E-state index in [1.54, 1.807) is 38.1 Å². The van der Waals surface area contributed by atoms with E-state index in [-0.39, 0.29) is 12.4 Å². The summed E-state index contributed by atoms with van der Waals surface area (Å²) in [6.45, 7) is 2.95. The van der Waals surface area contributed by atoms with Gasteiger partial charge in [-0.15, -0.1) is 0 Å². The first-order valence-electron chi connectivity index (χ1n) is 5.22. The van der Waals surface area contributed by atoms with E-state index in [4.69, 9.17) is 10.8 Å². The lowest BCUT2D eigenvalue weighted by molar-refractivity contribution is 0.208. The van der Waals surface area contributed by atoms with Crippen molar-refractivity contribution >= 4 is 15.7 Å². The highest BCUT2D eigenvalue weighted by atomic mass is 32.2. The zero-order chi connectivity index (χ0) is 13.1. The number of aliphatic hydroxyl groups is 1. The third-order valence-electron chi connectivity index (χ3n) is 2.23. The number of sulfonamides is 1. The van der Waals surface area contributed by atoms with Gasteiger partial charge in [-0.1, -0.05) is 18.2 Å². The largest absolute Gasteiger partial charge is 0.398 e. The smallest absolute Gasteiger partial charge is 0.216 e. The number of rotatable bonds is 5. The summed E-state index contributed by atoms with van der Waals surface area (Å²) in [4.78, 5) is 0. The highest BCUT2D eigenvalue weighted by molar-refractivity contribution is 7.88. The van der Waals surface area contributed by atoms with E-state index >= 15 is 0 Å². The summed E-state index contributed by atoms with van der Waals surface area (Å²) in [7, 11) is -3.52. The van der Waals surface area contributed by atoms with Gasteiger partial charge in [-0.2, -0.15) is 0 Å². The first kappa shape index (κ1) is 14.0. The minimum atomic E-state index is -3.52. The van der Waals surface area contributed by atoms with Crippen LogP contribution in [0.2, 0.25) is 0 Å². The Morgan fingerprint density at radius 1 is 1.35 bits per heavy atom. The van der Waals surface area contributed by atoms with Crippen LogP contribution in [0.5, 0.6) is 0 Å². The molecule has 0 aliphatic carbocycles. The number of hydrogen-bond acceptors (Lipinski definition) is 4. The highest BCUT2D eigenvalue weighted by Gasteiger charge is 2.24. The summed E-state index contributed by atoms with van der Waals surface area (Å²) in [6, 6.07) is 6.80. The lowest BCUT2D eigenvalue weighted by Crippen LogP contribution is -2.46. The molecule has 0 amide bonds. The molecular weight excluding hydrogens is 240 g/mol. The third-order valence-corrected chi connectivity index (χ3v) is 3.78. The summed E-state index contributed by atoms with van der Waals surface area (Å²) in [6.07, 6.45) is 0. The maximum absolute atomic E-state index is 11.8. The quantitative estimate of drug-likeness (QED) is 0.669. The van der Waals surface area contributed by atoms with Gasteiger partial charge in [-0.25, -0.2) is 13.1 Å². The molecule has 1 aromatic carbocycles. The standard InChI is InChI=1S/C11H18N2O3S/c1-11(2,8-14)13-17(15,16)7-9-5-3-4-6-10(9)12/h3-6,13-14H,7-8,12H2,1-2H3. The van der Waals surface area contributed by atoms with Crippen LogP contribution in [0.4, 0.5) is 5.69 Å². The predicted molar refractivity (Wildman–Crippen MR) is 67.8 cm³/mol. The van der Waals surface area contributed by atoms with Gasteiger partial charge in [-0.3, -0.25) is 0 Å². The minimum absolute atomic E-state index is 0.191. The molecule has 0 aromatic heterocycles. The second kappa shape index (κ2) is 5.03. The van der Waals surface area contributed by atoms with Crippen molar-refractivity contribution in [3.63, 3.8) is 0 Å². The molecule has 1 rings (SSSR count). The molecule has 0 bridgehead atoms. The van der Waals surface area contributed by atoms with Gasteiger partial charge in [0.15, 0.2) is 0 Å². The Bertz CT molecular complexity index is 483. The van der Waals surface area contributed by atoms with E-state index in [0.717, 1.165) is 0 Å². The van der Waals surface area contributed by atoms with Gasteiger partial charge in [0.25, 0.3) is 0 Å². The normalized spacial score (nSPS) is 12.6. The number of nitrogen functional groups attached to an aromatic ring is 1. The van der Waals surface area contributed by atoms with Gasteiger partial charge in [0, 0.05) is 5.69 Å². The lowest BCUT2D eigenvalue weighted by Gasteiger charge is -2.23. The maximum Gasteiger partial charge on any atom is 0.216 e. The number of nitrogens with one attached hydrogen (secondary N) is 1. The molecule has 6 heteroatoms. The van der Waals surface area contributed by atoms with E-state index in [1.165, 1.54) is 0 Å². The Labute approximate surface area is 102 Å². The van der Waals surface area contributed by atoms with Crippen LogP contribution >= 0.6 is 0 Å². The molecule has 0 heterocycles. The Balaban J connectivity index is 2.85. The summed E-state index contributed by atoms with van der Waals surface area (Å²) in [5.41, 5.74) is 5.80. The Morgan fingerprint density at radius 3 is 2.47 bits per heavy atom. The summed E-state index contributed by atoms with van der Waals surface area (Å²) in [5, 5.41) is 9.03. The molecule has 4 N–H and O–H groups in total. The molecule has 17 heavy (non-hydrogen) atoms. The second-order valence-electron chi connectivity index (χ2n) is 4.60. The van der Waals surface area contributed by atoms with E-state index in [9.17, 15) is 8.42 Å². The van der Waals surface area contributed by atoms with Crippen molar-refractivity contribution in [3.05, 3.63) is 29.8 Å². The number of hydrogen-bond donors (Lipinski definition) is 3. The molecule has 0 saturated carbocycles. The molecule has 96 valence electrons. The zero-order valence-corrected chi connectivity index (χ0v) is 10.8. The molecule has 5 nitrogen and oxygen atoms in total. The fraction of sp³-hybridized carbons (Fsp3) is 0.455. The van der Waals surface area contributed by atoms with Gasteiger partial charge >= 0.3 is 0 Å². The van der Waals surface area contributed by atoms with E-state index in [0.29, 0.717) is 11.3 Å². The van der Waals surface area contributed by atoms with Gasteiger partial charge in [0.2, 0.25) is 10.0 Å². The summed E-state index contributed by atoms with van der Waals surface area (Å²) < 4.78 is 26.1.